The van der Waals surface area contributed by atoms with Gasteiger partial charge in [0, 0.05) is 17.8 Å². The van der Waals surface area contributed by atoms with Gasteiger partial charge in [0.15, 0.2) is 5.82 Å². The van der Waals surface area contributed by atoms with Crippen LogP contribution in [0.15, 0.2) is 36.4 Å². The van der Waals surface area contributed by atoms with Gasteiger partial charge in [-0.05, 0) is 18.2 Å². The molecule has 0 saturated carbocycles. The maximum absolute atomic E-state index is 13.3. The van der Waals surface area contributed by atoms with Gasteiger partial charge in [0.2, 0.25) is 0 Å². The predicted octanol–water partition coefficient (Wildman–Crippen LogP) is 4.19. The Bertz CT molecular complexity index is 657. The number of hydrogen-bond acceptors (Lipinski definition) is 3. The lowest BCUT2D eigenvalue weighted by atomic mass is 10.2. The Balaban J connectivity index is 2.26. The van der Waals surface area contributed by atoms with E-state index >= 15 is 0 Å². The van der Waals surface area contributed by atoms with Gasteiger partial charge in [-0.3, -0.25) is 0 Å². The number of nitrogens with two attached hydrogens (primary N) is 1. The molecule has 2 rings (SSSR count). The highest BCUT2D eigenvalue weighted by Crippen LogP contribution is 2.30. The Kier molecular flexibility index (Phi) is 3.88. The van der Waals surface area contributed by atoms with E-state index in [1.54, 1.807) is 0 Å². The maximum Gasteiger partial charge on any atom is 0.573 e. The van der Waals surface area contributed by atoms with Crippen LogP contribution in [0, 0.1) is 11.6 Å². The molecule has 0 bridgehead atoms. The van der Waals surface area contributed by atoms with Gasteiger partial charge < -0.3 is 15.8 Å². The molecular formula is C13H9F5N2O. The summed E-state index contributed by atoms with van der Waals surface area (Å²) in [6.07, 6.45) is -4.83. The van der Waals surface area contributed by atoms with Crippen molar-refractivity contribution in [2.24, 2.45) is 0 Å². The number of halogens is 5. The van der Waals surface area contributed by atoms with Crippen molar-refractivity contribution in [3.05, 3.63) is 48.0 Å². The van der Waals surface area contributed by atoms with Crippen LogP contribution in [0.5, 0.6) is 5.75 Å². The summed E-state index contributed by atoms with van der Waals surface area (Å²) in [5.41, 5.74) is 5.11. The quantitative estimate of drug-likeness (QED) is 0.660. The minimum atomic E-state index is -4.83. The Morgan fingerprint density at radius 1 is 1.05 bits per heavy atom. The number of alkyl halides is 3. The molecule has 0 fully saturated rings. The third kappa shape index (κ3) is 3.98. The lowest BCUT2D eigenvalue weighted by Crippen LogP contribution is -2.17. The zero-order valence-electron chi connectivity index (χ0n) is 10.3. The van der Waals surface area contributed by atoms with Gasteiger partial charge in [0.1, 0.15) is 11.6 Å². The van der Waals surface area contributed by atoms with E-state index in [9.17, 15) is 22.0 Å². The second-order valence-electron chi connectivity index (χ2n) is 4.05. The summed E-state index contributed by atoms with van der Waals surface area (Å²) in [6, 6.07) is 6.32. The van der Waals surface area contributed by atoms with E-state index < -0.39 is 23.7 Å². The topological polar surface area (TPSA) is 47.3 Å². The fraction of sp³-hybridized carbons (Fsp3) is 0.0769. The standard InChI is InChI=1S/C13H9F5N2O/c14-7-4-10(15)12(19)11(5-7)20-8-2-1-3-9(6-8)21-13(16,17)18/h1-6,20H,19H2. The highest BCUT2D eigenvalue weighted by atomic mass is 19.4. The molecule has 0 aromatic heterocycles. The Labute approximate surface area is 116 Å². The summed E-state index contributed by atoms with van der Waals surface area (Å²) in [5.74, 6) is -2.31. The summed E-state index contributed by atoms with van der Waals surface area (Å²) in [7, 11) is 0. The fourth-order valence-electron chi connectivity index (χ4n) is 1.61. The third-order valence-corrected chi connectivity index (χ3v) is 2.44. The molecule has 2 aromatic rings. The van der Waals surface area contributed by atoms with Crippen LogP contribution in [0.25, 0.3) is 0 Å². The van der Waals surface area contributed by atoms with Crippen LogP contribution in [-0.4, -0.2) is 6.36 Å². The highest BCUT2D eigenvalue weighted by Gasteiger charge is 2.31. The van der Waals surface area contributed by atoms with E-state index in [1.165, 1.54) is 12.1 Å². The molecule has 0 aliphatic carbocycles. The van der Waals surface area contributed by atoms with Crippen LogP contribution in [-0.2, 0) is 0 Å². The van der Waals surface area contributed by atoms with Crippen molar-refractivity contribution in [2.75, 3.05) is 11.1 Å². The van der Waals surface area contributed by atoms with Crippen molar-refractivity contribution in [1.29, 1.82) is 0 Å². The molecule has 8 heteroatoms. The summed E-state index contributed by atoms with van der Waals surface area (Å²) in [5, 5.41) is 2.53. The second kappa shape index (κ2) is 5.47. The van der Waals surface area contributed by atoms with E-state index in [1.807, 2.05) is 0 Å². The first-order valence-electron chi connectivity index (χ1n) is 5.62. The minimum Gasteiger partial charge on any atom is -0.406 e. The van der Waals surface area contributed by atoms with Gasteiger partial charge in [-0.15, -0.1) is 13.2 Å². The number of anilines is 3. The molecule has 2 aromatic carbocycles. The van der Waals surface area contributed by atoms with Gasteiger partial charge in [-0.25, -0.2) is 8.78 Å². The first kappa shape index (κ1) is 14.9. The fourth-order valence-corrected chi connectivity index (χ4v) is 1.61. The summed E-state index contributed by atoms with van der Waals surface area (Å²) >= 11 is 0. The van der Waals surface area contributed by atoms with Crippen LogP contribution >= 0.6 is 0 Å². The van der Waals surface area contributed by atoms with Crippen LogP contribution in [0.3, 0.4) is 0 Å². The molecule has 0 radical (unpaired) electrons. The molecule has 0 aliphatic rings. The molecule has 0 unspecified atom stereocenters. The minimum absolute atomic E-state index is 0.100. The number of ether oxygens (including phenoxy) is 1. The van der Waals surface area contributed by atoms with E-state index in [0.29, 0.717) is 6.07 Å². The van der Waals surface area contributed by atoms with Crippen molar-refractivity contribution >= 4 is 17.1 Å². The molecule has 0 saturated heterocycles. The van der Waals surface area contributed by atoms with Crippen molar-refractivity contribution in [3.63, 3.8) is 0 Å². The molecule has 0 atom stereocenters. The number of rotatable bonds is 3. The number of hydrogen-bond donors (Lipinski definition) is 2. The maximum atomic E-state index is 13.3. The number of nitrogens with one attached hydrogen (secondary N) is 1. The van der Waals surface area contributed by atoms with Crippen LogP contribution in [0.2, 0.25) is 0 Å². The average molecular weight is 304 g/mol. The van der Waals surface area contributed by atoms with Gasteiger partial charge in [-0.2, -0.15) is 0 Å². The zero-order valence-corrected chi connectivity index (χ0v) is 10.3. The van der Waals surface area contributed by atoms with E-state index in [4.69, 9.17) is 5.73 Å². The molecule has 0 heterocycles. The average Bonchev–Trinajstić information content (AvgIpc) is 2.33. The largest absolute Gasteiger partial charge is 0.573 e. The molecular weight excluding hydrogens is 295 g/mol. The summed E-state index contributed by atoms with van der Waals surface area (Å²) in [6.45, 7) is 0. The van der Waals surface area contributed by atoms with Gasteiger partial charge in [0.25, 0.3) is 0 Å². The Hall–Kier alpha value is -2.51. The summed E-state index contributed by atoms with van der Waals surface area (Å²) < 4.78 is 66.4. The number of benzene rings is 2. The normalized spacial score (nSPS) is 11.3. The molecule has 112 valence electrons. The third-order valence-electron chi connectivity index (χ3n) is 2.44. The number of nitrogen functional groups attached to an aromatic ring is 1. The first-order chi connectivity index (χ1) is 9.74. The van der Waals surface area contributed by atoms with Crippen LogP contribution in [0.1, 0.15) is 0 Å². The lowest BCUT2D eigenvalue weighted by molar-refractivity contribution is -0.274. The van der Waals surface area contributed by atoms with E-state index in [2.05, 4.69) is 10.1 Å². The van der Waals surface area contributed by atoms with Gasteiger partial charge in [0.05, 0.1) is 11.4 Å². The molecule has 0 amide bonds. The van der Waals surface area contributed by atoms with Crippen molar-refractivity contribution < 1.29 is 26.7 Å². The van der Waals surface area contributed by atoms with Crippen LogP contribution in [0.4, 0.5) is 39.0 Å². The van der Waals surface area contributed by atoms with E-state index in [0.717, 1.165) is 18.2 Å². The summed E-state index contributed by atoms with van der Waals surface area (Å²) in [4.78, 5) is 0. The SMILES string of the molecule is Nc1c(F)cc(F)cc1Nc1cccc(OC(F)(F)F)c1. The molecule has 21 heavy (non-hydrogen) atoms. The van der Waals surface area contributed by atoms with Crippen molar-refractivity contribution in [1.82, 2.24) is 0 Å². The monoisotopic (exact) mass is 304 g/mol. The molecule has 3 N–H and O–H groups in total. The molecule has 0 aliphatic heterocycles. The Morgan fingerprint density at radius 3 is 2.43 bits per heavy atom. The highest BCUT2D eigenvalue weighted by molar-refractivity contribution is 5.73. The lowest BCUT2D eigenvalue weighted by Gasteiger charge is -2.13. The zero-order chi connectivity index (χ0) is 15.6. The van der Waals surface area contributed by atoms with Crippen molar-refractivity contribution in [3.8, 4) is 5.75 Å². The first-order valence-corrected chi connectivity index (χ1v) is 5.62. The van der Waals surface area contributed by atoms with Gasteiger partial charge >= 0.3 is 6.36 Å². The Morgan fingerprint density at radius 2 is 1.76 bits per heavy atom. The predicted molar refractivity (Wildman–Crippen MR) is 67.2 cm³/mol. The van der Waals surface area contributed by atoms with E-state index in [-0.39, 0.29) is 17.1 Å². The van der Waals surface area contributed by atoms with Gasteiger partial charge in [-0.1, -0.05) is 6.07 Å². The molecule has 0 spiro atoms. The second-order valence-corrected chi connectivity index (χ2v) is 4.05. The van der Waals surface area contributed by atoms with Crippen LogP contribution < -0.4 is 15.8 Å². The van der Waals surface area contributed by atoms with Crippen molar-refractivity contribution in [2.45, 2.75) is 6.36 Å². The molecule has 3 nitrogen and oxygen atoms in total. The smallest absolute Gasteiger partial charge is 0.406 e.